The van der Waals surface area contributed by atoms with Crippen LogP contribution in [0.15, 0.2) is 0 Å². The second-order valence-corrected chi connectivity index (χ2v) is 12.1. The number of nitrogens with one attached hydrogen (secondary N) is 1. The van der Waals surface area contributed by atoms with Gasteiger partial charge in [-0.05, 0) is 45.2 Å². The second kappa shape index (κ2) is 22.6. The Labute approximate surface area is 221 Å². The summed E-state index contributed by atoms with van der Waals surface area (Å²) in [5.74, 6) is 2.35. The largest absolute Gasteiger partial charge is 0.352 e. The van der Waals surface area contributed by atoms with Crippen molar-refractivity contribution in [3.63, 3.8) is 0 Å². The molecule has 0 aromatic carbocycles. The Morgan fingerprint density at radius 3 is 1.49 bits per heavy atom. The minimum atomic E-state index is 0.197. The molecule has 0 radical (unpaired) electrons. The average molecular weight is 493 g/mol. The summed E-state index contributed by atoms with van der Waals surface area (Å²) in [6, 6.07) is 0.382. The van der Waals surface area contributed by atoms with E-state index in [1.807, 2.05) is 19.0 Å². The van der Waals surface area contributed by atoms with Crippen LogP contribution >= 0.6 is 0 Å². The summed E-state index contributed by atoms with van der Waals surface area (Å²) in [5, 5.41) is 3.34. The molecular formula is C32H64N2O. The lowest BCUT2D eigenvalue weighted by molar-refractivity contribution is -0.122. The molecule has 1 N–H and O–H groups in total. The lowest BCUT2D eigenvalue weighted by Gasteiger charge is -2.20. The van der Waals surface area contributed by atoms with Crippen LogP contribution in [-0.4, -0.2) is 37.5 Å². The van der Waals surface area contributed by atoms with E-state index in [9.17, 15) is 4.79 Å². The molecule has 0 aromatic rings. The standard InChI is InChI=1S/C32H64N2O/c1-5-7-9-11-13-17-21-25-31(33-32(35)28-34(3)4)26-22-18-14-16-20-24-30-27-29(30)23-19-15-12-10-8-6-2/h29-31H,5-28H2,1-4H3,(H,33,35). The van der Waals surface area contributed by atoms with Crippen molar-refractivity contribution in [2.45, 2.75) is 168 Å². The molecule has 3 heteroatoms. The highest BCUT2D eigenvalue weighted by Crippen LogP contribution is 2.45. The molecule has 0 spiro atoms. The molecule has 0 saturated heterocycles. The van der Waals surface area contributed by atoms with Gasteiger partial charge in [0.2, 0.25) is 5.91 Å². The van der Waals surface area contributed by atoms with E-state index < -0.39 is 0 Å². The number of likely N-dealkylation sites (N-methyl/N-ethyl adjacent to an activating group) is 1. The third-order valence-electron chi connectivity index (χ3n) is 8.11. The van der Waals surface area contributed by atoms with Gasteiger partial charge in [-0.1, -0.05) is 142 Å². The van der Waals surface area contributed by atoms with Gasteiger partial charge in [-0.3, -0.25) is 4.79 Å². The van der Waals surface area contributed by atoms with Gasteiger partial charge in [-0.15, -0.1) is 0 Å². The molecule has 3 nitrogen and oxygen atoms in total. The normalized spacial score (nSPS) is 18.2. The third kappa shape index (κ3) is 20.2. The van der Waals surface area contributed by atoms with Gasteiger partial charge in [0.15, 0.2) is 0 Å². The number of hydrogen-bond acceptors (Lipinski definition) is 2. The molecule has 0 aromatic heterocycles. The van der Waals surface area contributed by atoms with Crippen LogP contribution in [0.25, 0.3) is 0 Å². The van der Waals surface area contributed by atoms with E-state index in [0.29, 0.717) is 12.6 Å². The molecule has 1 amide bonds. The molecule has 1 saturated carbocycles. The van der Waals surface area contributed by atoms with Crippen LogP contribution in [0.2, 0.25) is 0 Å². The van der Waals surface area contributed by atoms with E-state index in [0.717, 1.165) is 24.7 Å². The van der Waals surface area contributed by atoms with Crippen molar-refractivity contribution in [1.29, 1.82) is 0 Å². The van der Waals surface area contributed by atoms with E-state index in [4.69, 9.17) is 0 Å². The molecule has 208 valence electrons. The van der Waals surface area contributed by atoms with Crippen LogP contribution in [0.5, 0.6) is 0 Å². The van der Waals surface area contributed by atoms with Crippen LogP contribution in [0.3, 0.4) is 0 Å². The molecule has 35 heavy (non-hydrogen) atoms. The molecule has 1 aliphatic carbocycles. The molecular weight excluding hydrogens is 428 g/mol. The Balaban J connectivity index is 2.05. The Morgan fingerprint density at radius 2 is 1.06 bits per heavy atom. The summed E-state index contributed by atoms with van der Waals surface area (Å²) >= 11 is 0. The summed E-state index contributed by atoms with van der Waals surface area (Å²) in [6.45, 7) is 5.09. The fourth-order valence-electron chi connectivity index (χ4n) is 5.73. The summed E-state index contributed by atoms with van der Waals surface area (Å²) in [5.41, 5.74) is 0. The molecule has 1 fully saturated rings. The lowest BCUT2D eigenvalue weighted by atomic mass is 9.99. The molecule has 3 atom stereocenters. The Kier molecular flexibility index (Phi) is 21.0. The van der Waals surface area contributed by atoms with Gasteiger partial charge in [0.05, 0.1) is 6.54 Å². The molecule has 3 unspecified atom stereocenters. The van der Waals surface area contributed by atoms with Crippen molar-refractivity contribution in [1.82, 2.24) is 10.2 Å². The van der Waals surface area contributed by atoms with E-state index in [-0.39, 0.29) is 5.91 Å². The Bertz CT molecular complexity index is 478. The summed E-state index contributed by atoms with van der Waals surface area (Å²) in [6.07, 6.45) is 31.8. The number of amides is 1. The zero-order valence-corrected chi connectivity index (χ0v) is 24.6. The van der Waals surface area contributed by atoms with Gasteiger partial charge in [0.25, 0.3) is 0 Å². The average Bonchev–Trinajstić information content (AvgIpc) is 3.57. The first-order valence-electron chi connectivity index (χ1n) is 16.0. The monoisotopic (exact) mass is 493 g/mol. The maximum Gasteiger partial charge on any atom is 0.234 e. The SMILES string of the molecule is CCCCCCCCCC(CCCCCCCC1CC1CCCCCCCC)NC(=O)CN(C)C. The smallest absolute Gasteiger partial charge is 0.234 e. The molecule has 0 heterocycles. The van der Waals surface area contributed by atoms with Gasteiger partial charge in [0, 0.05) is 6.04 Å². The fourth-order valence-corrected chi connectivity index (χ4v) is 5.73. The van der Waals surface area contributed by atoms with Crippen molar-refractivity contribution in [3.8, 4) is 0 Å². The minimum Gasteiger partial charge on any atom is -0.352 e. The highest BCUT2D eigenvalue weighted by Gasteiger charge is 2.34. The lowest BCUT2D eigenvalue weighted by Crippen LogP contribution is -2.40. The van der Waals surface area contributed by atoms with Crippen molar-refractivity contribution >= 4 is 5.91 Å². The molecule has 0 bridgehead atoms. The zero-order valence-electron chi connectivity index (χ0n) is 24.6. The quantitative estimate of drug-likeness (QED) is 0.122. The maximum absolute atomic E-state index is 12.3. The van der Waals surface area contributed by atoms with Gasteiger partial charge >= 0.3 is 0 Å². The Hall–Kier alpha value is -0.570. The number of rotatable bonds is 26. The van der Waals surface area contributed by atoms with Crippen molar-refractivity contribution in [3.05, 3.63) is 0 Å². The summed E-state index contributed by atoms with van der Waals surface area (Å²) in [4.78, 5) is 14.3. The highest BCUT2D eigenvalue weighted by atomic mass is 16.2. The predicted octanol–water partition coefficient (Wildman–Crippen LogP) is 9.29. The summed E-state index contributed by atoms with van der Waals surface area (Å²) < 4.78 is 0. The number of unbranched alkanes of at least 4 members (excludes halogenated alkanes) is 15. The number of carbonyl (C=O) groups is 1. The van der Waals surface area contributed by atoms with Gasteiger partial charge in [0.1, 0.15) is 0 Å². The van der Waals surface area contributed by atoms with Gasteiger partial charge in [-0.25, -0.2) is 0 Å². The number of carbonyl (C=O) groups excluding carboxylic acids is 1. The van der Waals surface area contributed by atoms with Crippen molar-refractivity contribution in [2.24, 2.45) is 11.8 Å². The van der Waals surface area contributed by atoms with Crippen LogP contribution in [0.4, 0.5) is 0 Å². The first-order chi connectivity index (χ1) is 17.1. The number of nitrogens with zero attached hydrogens (tertiary/aromatic N) is 1. The minimum absolute atomic E-state index is 0.197. The highest BCUT2D eigenvalue weighted by molar-refractivity contribution is 5.78. The first-order valence-corrected chi connectivity index (χ1v) is 16.0. The van der Waals surface area contributed by atoms with Crippen molar-refractivity contribution < 1.29 is 4.79 Å². The van der Waals surface area contributed by atoms with Crippen LogP contribution in [0, 0.1) is 11.8 Å². The second-order valence-electron chi connectivity index (χ2n) is 12.1. The van der Waals surface area contributed by atoms with Crippen molar-refractivity contribution in [2.75, 3.05) is 20.6 Å². The van der Waals surface area contributed by atoms with E-state index in [1.165, 1.54) is 135 Å². The van der Waals surface area contributed by atoms with Crippen LogP contribution < -0.4 is 5.32 Å². The fraction of sp³-hybridized carbons (Fsp3) is 0.969. The number of hydrogen-bond donors (Lipinski definition) is 1. The molecule has 1 rings (SSSR count). The Morgan fingerprint density at radius 1 is 0.657 bits per heavy atom. The molecule has 1 aliphatic rings. The van der Waals surface area contributed by atoms with Gasteiger partial charge < -0.3 is 10.2 Å². The topological polar surface area (TPSA) is 32.3 Å². The predicted molar refractivity (Wildman–Crippen MR) is 155 cm³/mol. The van der Waals surface area contributed by atoms with E-state index >= 15 is 0 Å². The first kappa shape index (κ1) is 32.5. The van der Waals surface area contributed by atoms with Crippen LogP contribution in [0.1, 0.15) is 162 Å². The summed E-state index contributed by atoms with van der Waals surface area (Å²) in [7, 11) is 3.95. The van der Waals surface area contributed by atoms with Crippen LogP contribution in [-0.2, 0) is 4.79 Å². The van der Waals surface area contributed by atoms with E-state index in [2.05, 4.69) is 19.2 Å². The van der Waals surface area contributed by atoms with E-state index in [1.54, 1.807) is 0 Å². The molecule has 0 aliphatic heterocycles. The third-order valence-corrected chi connectivity index (χ3v) is 8.11. The van der Waals surface area contributed by atoms with Gasteiger partial charge in [-0.2, -0.15) is 0 Å². The zero-order chi connectivity index (χ0) is 25.6. The maximum atomic E-state index is 12.3.